The lowest BCUT2D eigenvalue weighted by atomic mass is 9.75. The van der Waals surface area contributed by atoms with Gasteiger partial charge in [0.15, 0.2) is 0 Å². The number of rotatable bonds is 5. The average molecular weight is 291 g/mol. The number of hydrogen-bond acceptors (Lipinski definition) is 4. The minimum Gasteiger partial charge on any atom is -0.494 e. The summed E-state index contributed by atoms with van der Waals surface area (Å²) in [5, 5.41) is 2.73. The van der Waals surface area contributed by atoms with Crippen LogP contribution in [0.2, 0.25) is 0 Å². The predicted molar refractivity (Wildman–Crippen MR) is 78.1 cm³/mol. The summed E-state index contributed by atoms with van der Waals surface area (Å²) in [6.07, 6.45) is 0.237. The van der Waals surface area contributed by atoms with Gasteiger partial charge in [-0.3, -0.25) is 4.79 Å². The van der Waals surface area contributed by atoms with E-state index < -0.39 is 17.4 Å². The van der Waals surface area contributed by atoms with Crippen molar-refractivity contribution in [3.8, 4) is 5.75 Å². The van der Waals surface area contributed by atoms with Gasteiger partial charge in [0.1, 0.15) is 11.8 Å². The standard InChI is InChI=1S/C16H21NO4/c1-4-20-12-9-7-6-8-11(12)16(3)10-13(18)17-14(16)15(19)21-5-2/h6-9,14H,4-5,10H2,1-3H3,(H,17,18). The molecule has 0 saturated carbocycles. The number of carbonyl (C=O) groups is 2. The van der Waals surface area contributed by atoms with Crippen molar-refractivity contribution in [1.82, 2.24) is 5.32 Å². The highest BCUT2D eigenvalue weighted by Gasteiger charge is 2.50. The lowest BCUT2D eigenvalue weighted by Crippen LogP contribution is -2.46. The topological polar surface area (TPSA) is 64.6 Å². The van der Waals surface area contributed by atoms with E-state index in [1.807, 2.05) is 38.1 Å². The summed E-state index contributed by atoms with van der Waals surface area (Å²) in [5.41, 5.74) is 0.179. The number of para-hydroxylation sites is 1. The van der Waals surface area contributed by atoms with Gasteiger partial charge in [0.25, 0.3) is 0 Å². The molecule has 1 aliphatic heterocycles. The fraction of sp³-hybridized carbons (Fsp3) is 0.500. The van der Waals surface area contributed by atoms with Crippen LogP contribution in [0, 0.1) is 0 Å². The second kappa shape index (κ2) is 6.16. The highest BCUT2D eigenvalue weighted by atomic mass is 16.5. The molecule has 2 atom stereocenters. The number of carbonyl (C=O) groups excluding carboxylic acids is 2. The fourth-order valence-electron chi connectivity index (χ4n) is 2.82. The van der Waals surface area contributed by atoms with Crippen molar-refractivity contribution in [2.45, 2.75) is 38.6 Å². The van der Waals surface area contributed by atoms with Crippen molar-refractivity contribution >= 4 is 11.9 Å². The van der Waals surface area contributed by atoms with E-state index in [2.05, 4.69) is 5.32 Å². The molecule has 1 aliphatic rings. The Labute approximate surface area is 124 Å². The molecule has 114 valence electrons. The molecule has 5 heteroatoms. The Balaban J connectivity index is 2.43. The third-order valence-electron chi connectivity index (χ3n) is 3.79. The first-order valence-electron chi connectivity index (χ1n) is 7.21. The summed E-state index contributed by atoms with van der Waals surface area (Å²) < 4.78 is 10.7. The number of ether oxygens (including phenoxy) is 2. The highest BCUT2D eigenvalue weighted by Crippen LogP contribution is 2.40. The third kappa shape index (κ3) is 2.86. The van der Waals surface area contributed by atoms with E-state index in [1.54, 1.807) is 6.92 Å². The van der Waals surface area contributed by atoms with Gasteiger partial charge in [0, 0.05) is 17.4 Å². The van der Waals surface area contributed by atoms with Gasteiger partial charge in [-0.05, 0) is 19.9 Å². The molecular formula is C16H21NO4. The van der Waals surface area contributed by atoms with Crippen LogP contribution in [-0.2, 0) is 19.7 Å². The fourth-order valence-corrected chi connectivity index (χ4v) is 2.82. The second-order valence-electron chi connectivity index (χ2n) is 5.28. The van der Waals surface area contributed by atoms with Gasteiger partial charge in [-0.2, -0.15) is 0 Å². The SMILES string of the molecule is CCOC(=O)C1NC(=O)CC1(C)c1ccccc1OCC. The van der Waals surface area contributed by atoms with Crippen LogP contribution in [0.5, 0.6) is 5.75 Å². The number of benzene rings is 1. The van der Waals surface area contributed by atoms with Crippen molar-refractivity contribution < 1.29 is 19.1 Å². The van der Waals surface area contributed by atoms with Crippen LogP contribution in [0.15, 0.2) is 24.3 Å². The first-order valence-corrected chi connectivity index (χ1v) is 7.21. The summed E-state index contributed by atoms with van der Waals surface area (Å²) in [5.74, 6) is 0.146. The first kappa shape index (κ1) is 15.4. The Morgan fingerprint density at radius 3 is 2.71 bits per heavy atom. The molecule has 1 aromatic rings. The predicted octanol–water partition coefficient (Wildman–Crippen LogP) is 1.79. The summed E-state index contributed by atoms with van der Waals surface area (Å²) in [4.78, 5) is 24.0. The van der Waals surface area contributed by atoms with E-state index in [0.717, 1.165) is 5.56 Å². The molecule has 0 radical (unpaired) electrons. The van der Waals surface area contributed by atoms with E-state index >= 15 is 0 Å². The molecule has 21 heavy (non-hydrogen) atoms. The number of hydrogen-bond donors (Lipinski definition) is 1. The van der Waals surface area contributed by atoms with Gasteiger partial charge in [-0.25, -0.2) is 4.79 Å². The van der Waals surface area contributed by atoms with E-state index in [1.165, 1.54) is 0 Å². The van der Waals surface area contributed by atoms with Crippen molar-refractivity contribution in [3.05, 3.63) is 29.8 Å². The Hall–Kier alpha value is -2.04. The largest absolute Gasteiger partial charge is 0.494 e. The molecule has 0 spiro atoms. The van der Waals surface area contributed by atoms with Crippen molar-refractivity contribution in [1.29, 1.82) is 0 Å². The maximum atomic E-state index is 12.2. The molecule has 5 nitrogen and oxygen atoms in total. The highest BCUT2D eigenvalue weighted by molar-refractivity contribution is 5.91. The van der Waals surface area contributed by atoms with Gasteiger partial charge < -0.3 is 14.8 Å². The van der Waals surface area contributed by atoms with Crippen LogP contribution in [0.4, 0.5) is 0 Å². The van der Waals surface area contributed by atoms with Crippen molar-refractivity contribution in [2.24, 2.45) is 0 Å². The van der Waals surface area contributed by atoms with E-state index in [4.69, 9.17) is 9.47 Å². The first-order chi connectivity index (χ1) is 10.0. The second-order valence-corrected chi connectivity index (χ2v) is 5.28. The molecule has 0 aromatic heterocycles. The zero-order valence-corrected chi connectivity index (χ0v) is 12.6. The quantitative estimate of drug-likeness (QED) is 0.840. The molecule has 1 heterocycles. The molecule has 2 unspecified atom stereocenters. The van der Waals surface area contributed by atoms with Crippen molar-refractivity contribution in [2.75, 3.05) is 13.2 Å². The number of esters is 1. The van der Waals surface area contributed by atoms with Crippen LogP contribution < -0.4 is 10.1 Å². The van der Waals surface area contributed by atoms with E-state index in [0.29, 0.717) is 12.4 Å². The van der Waals surface area contributed by atoms with Crippen molar-refractivity contribution in [3.63, 3.8) is 0 Å². The lowest BCUT2D eigenvalue weighted by Gasteiger charge is -2.30. The number of amides is 1. The molecular weight excluding hydrogens is 270 g/mol. The summed E-state index contributed by atoms with van der Waals surface area (Å²) >= 11 is 0. The van der Waals surface area contributed by atoms with Gasteiger partial charge in [-0.15, -0.1) is 0 Å². The normalized spacial score (nSPS) is 24.5. The maximum Gasteiger partial charge on any atom is 0.329 e. The Bertz CT molecular complexity index is 543. The molecule has 2 rings (SSSR count). The van der Waals surface area contributed by atoms with Crippen LogP contribution in [0.25, 0.3) is 0 Å². The summed E-state index contributed by atoms with van der Waals surface area (Å²) in [7, 11) is 0. The monoisotopic (exact) mass is 291 g/mol. The lowest BCUT2D eigenvalue weighted by molar-refractivity contribution is -0.147. The molecule has 1 amide bonds. The summed E-state index contributed by atoms with van der Waals surface area (Å²) in [6.45, 7) is 6.36. The molecule has 1 saturated heterocycles. The minimum absolute atomic E-state index is 0.151. The molecule has 1 N–H and O–H groups in total. The van der Waals surface area contributed by atoms with E-state index in [-0.39, 0.29) is 18.9 Å². The van der Waals surface area contributed by atoms with Crippen LogP contribution in [-0.4, -0.2) is 31.1 Å². The Morgan fingerprint density at radius 2 is 2.05 bits per heavy atom. The van der Waals surface area contributed by atoms with Crippen LogP contribution in [0.3, 0.4) is 0 Å². The zero-order valence-electron chi connectivity index (χ0n) is 12.6. The van der Waals surface area contributed by atoms with Gasteiger partial charge in [0.2, 0.25) is 5.91 Å². The third-order valence-corrected chi connectivity index (χ3v) is 3.79. The van der Waals surface area contributed by atoms with Crippen LogP contribution >= 0.6 is 0 Å². The Morgan fingerprint density at radius 1 is 1.33 bits per heavy atom. The molecule has 1 aromatic carbocycles. The summed E-state index contributed by atoms with van der Waals surface area (Å²) in [6, 6.07) is 6.83. The van der Waals surface area contributed by atoms with Gasteiger partial charge >= 0.3 is 5.97 Å². The Kier molecular flexibility index (Phi) is 4.50. The maximum absolute atomic E-state index is 12.2. The minimum atomic E-state index is -0.688. The van der Waals surface area contributed by atoms with Gasteiger partial charge in [0.05, 0.1) is 13.2 Å². The zero-order chi connectivity index (χ0) is 15.5. The van der Waals surface area contributed by atoms with Gasteiger partial charge in [-0.1, -0.05) is 25.1 Å². The smallest absolute Gasteiger partial charge is 0.329 e. The molecule has 0 bridgehead atoms. The average Bonchev–Trinajstić information content (AvgIpc) is 2.76. The number of nitrogens with one attached hydrogen (secondary N) is 1. The molecule has 0 aliphatic carbocycles. The molecule has 1 fully saturated rings. The van der Waals surface area contributed by atoms with Crippen LogP contribution in [0.1, 0.15) is 32.8 Å². The van der Waals surface area contributed by atoms with E-state index in [9.17, 15) is 9.59 Å².